The average molecular weight is 487 g/mol. The Hall–Kier alpha value is 0.220. The molecule has 4 aliphatic rings. The molecule has 0 spiro atoms. The van der Waals surface area contributed by atoms with E-state index in [9.17, 15) is 13.5 Å². The molecular weight excluding hydrogens is 440 g/mol. The lowest BCUT2D eigenvalue weighted by Gasteiger charge is -2.62. The van der Waals surface area contributed by atoms with Crippen LogP contribution in [-0.4, -0.2) is 41.4 Å². The van der Waals surface area contributed by atoms with Crippen LogP contribution in [0.1, 0.15) is 91.4 Å². The highest BCUT2D eigenvalue weighted by Crippen LogP contribution is 2.68. The van der Waals surface area contributed by atoms with Crippen molar-refractivity contribution in [3.05, 3.63) is 0 Å². The second-order valence-electron chi connectivity index (χ2n) is 12.3. The first-order valence-electron chi connectivity index (χ1n) is 13.3. The molecule has 6 heteroatoms. The minimum Gasteiger partial charge on any atom is -0.393 e. The summed E-state index contributed by atoms with van der Waals surface area (Å²) < 4.78 is 30.6. The number of rotatable bonds is 8. The smallest absolute Gasteiger partial charge is 0.265 e. The maximum atomic E-state index is 11.2. The maximum absolute atomic E-state index is 11.2. The van der Waals surface area contributed by atoms with Gasteiger partial charge in [-0.3, -0.25) is 4.55 Å². The predicted octanol–water partition coefficient (Wildman–Crippen LogP) is 6.04. The molecule has 0 radical (unpaired) electrons. The molecule has 5 unspecified atom stereocenters. The molecule has 4 saturated carbocycles. The van der Waals surface area contributed by atoms with Crippen molar-refractivity contribution in [3.63, 3.8) is 0 Å². The lowest BCUT2D eigenvalue weighted by atomic mass is 9.44. The Morgan fingerprint density at radius 3 is 2.47 bits per heavy atom. The van der Waals surface area contributed by atoms with Gasteiger partial charge in [-0.25, -0.2) is 0 Å². The predicted molar refractivity (Wildman–Crippen MR) is 133 cm³/mol. The zero-order valence-corrected chi connectivity index (χ0v) is 22.1. The summed E-state index contributed by atoms with van der Waals surface area (Å²) in [5, 5.41) is 11.2. The Kier molecular flexibility index (Phi) is 7.67. The van der Waals surface area contributed by atoms with Gasteiger partial charge in [0.05, 0.1) is 11.9 Å². The molecule has 0 saturated heterocycles. The summed E-state index contributed by atoms with van der Waals surface area (Å²) in [4.78, 5) is 0. The lowest BCUT2D eigenvalue weighted by molar-refractivity contribution is -0.159. The van der Waals surface area contributed by atoms with E-state index in [0.29, 0.717) is 28.4 Å². The minimum absolute atomic E-state index is 0.0832. The van der Waals surface area contributed by atoms with Crippen LogP contribution in [0, 0.1) is 46.3 Å². The van der Waals surface area contributed by atoms with Crippen LogP contribution in [0.3, 0.4) is 0 Å². The fraction of sp³-hybridized carbons (Fsp3) is 1.00. The van der Waals surface area contributed by atoms with Crippen LogP contribution in [0.4, 0.5) is 0 Å². The summed E-state index contributed by atoms with van der Waals surface area (Å²) in [6.45, 7) is 7.57. The molecule has 186 valence electrons. The highest BCUT2D eigenvalue weighted by molar-refractivity contribution is 8.00. The third-order valence-corrected chi connectivity index (χ3v) is 12.8. The minimum atomic E-state index is -3.83. The second kappa shape index (κ2) is 9.70. The zero-order valence-electron chi connectivity index (χ0n) is 20.5. The Labute approximate surface area is 200 Å². The van der Waals surface area contributed by atoms with Crippen LogP contribution >= 0.6 is 11.8 Å². The van der Waals surface area contributed by atoms with E-state index in [0.717, 1.165) is 42.3 Å². The first kappa shape index (κ1) is 25.3. The van der Waals surface area contributed by atoms with Crippen molar-refractivity contribution in [3.8, 4) is 0 Å². The van der Waals surface area contributed by atoms with Gasteiger partial charge >= 0.3 is 0 Å². The Morgan fingerprint density at radius 2 is 1.72 bits per heavy atom. The van der Waals surface area contributed by atoms with Gasteiger partial charge in [0, 0.05) is 5.75 Å². The van der Waals surface area contributed by atoms with Gasteiger partial charge in [0.25, 0.3) is 10.1 Å². The van der Waals surface area contributed by atoms with E-state index in [4.69, 9.17) is 4.55 Å². The SMILES string of the molecule is CC(CCCSCCS(=O)(=O)O)C1CCC2C3C[C@H](O)[C@@H]4CCCC[C@]4(C)C3CC[C@]12C. The number of aliphatic hydroxyl groups excluding tert-OH is 1. The van der Waals surface area contributed by atoms with E-state index in [2.05, 4.69) is 20.8 Å². The molecule has 4 aliphatic carbocycles. The fourth-order valence-corrected chi connectivity index (χ4v) is 11.2. The quantitative estimate of drug-likeness (QED) is 0.323. The molecular formula is C26H46O4S2. The standard InChI is InChI=1S/C26H46O4S2/c1-18(7-6-14-31-15-16-32(28,29)30)20-9-10-21-19-17-24(27)23-8-4-5-12-25(23,2)22(19)11-13-26(20,21)3/h18-24,27H,4-17H2,1-3H3,(H,28,29,30)/t18?,19?,20?,21?,22?,23-,24-,25+,26+/m0/s1. The van der Waals surface area contributed by atoms with Crippen LogP contribution in [-0.2, 0) is 10.1 Å². The number of aliphatic hydroxyl groups is 1. The van der Waals surface area contributed by atoms with Crippen LogP contribution in [0.15, 0.2) is 0 Å². The molecule has 0 aromatic heterocycles. The van der Waals surface area contributed by atoms with Gasteiger partial charge in [-0.2, -0.15) is 20.2 Å². The number of hydrogen-bond acceptors (Lipinski definition) is 4. The van der Waals surface area contributed by atoms with Gasteiger partial charge in [-0.15, -0.1) is 0 Å². The summed E-state index contributed by atoms with van der Waals surface area (Å²) in [6, 6.07) is 0. The van der Waals surface area contributed by atoms with Crippen molar-refractivity contribution >= 4 is 21.9 Å². The number of fused-ring (bicyclic) bond motifs is 5. The maximum Gasteiger partial charge on any atom is 0.265 e. The first-order chi connectivity index (χ1) is 15.1. The number of thioether (sulfide) groups is 1. The van der Waals surface area contributed by atoms with E-state index >= 15 is 0 Å². The fourth-order valence-electron chi connectivity index (χ4n) is 9.31. The molecule has 4 rings (SSSR count). The summed E-state index contributed by atoms with van der Waals surface area (Å²) in [5.41, 5.74) is 0.793. The number of hydrogen-bond donors (Lipinski definition) is 2. The van der Waals surface area contributed by atoms with Gasteiger partial charge in [-0.1, -0.05) is 33.6 Å². The van der Waals surface area contributed by atoms with Crippen molar-refractivity contribution in [1.29, 1.82) is 0 Å². The van der Waals surface area contributed by atoms with Crippen LogP contribution in [0.2, 0.25) is 0 Å². The van der Waals surface area contributed by atoms with Crippen molar-refractivity contribution in [2.75, 3.05) is 17.3 Å². The summed E-state index contributed by atoms with van der Waals surface area (Å²) in [5.74, 6) is 5.68. The Balaban J connectivity index is 1.35. The topological polar surface area (TPSA) is 74.6 Å². The molecule has 0 heterocycles. The van der Waals surface area contributed by atoms with Crippen molar-refractivity contribution in [2.24, 2.45) is 46.3 Å². The second-order valence-corrected chi connectivity index (χ2v) is 15.1. The van der Waals surface area contributed by atoms with Gasteiger partial charge < -0.3 is 5.11 Å². The van der Waals surface area contributed by atoms with E-state index in [1.54, 1.807) is 11.8 Å². The monoisotopic (exact) mass is 486 g/mol. The van der Waals surface area contributed by atoms with Crippen molar-refractivity contribution in [1.82, 2.24) is 0 Å². The highest BCUT2D eigenvalue weighted by Gasteiger charge is 2.61. The average Bonchev–Trinajstić information content (AvgIpc) is 3.07. The van der Waals surface area contributed by atoms with E-state index in [1.807, 2.05) is 0 Å². The molecule has 32 heavy (non-hydrogen) atoms. The van der Waals surface area contributed by atoms with E-state index in [-0.39, 0.29) is 11.9 Å². The van der Waals surface area contributed by atoms with Gasteiger partial charge in [-0.05, 0) is 110 Å². The van der Waals surface area contributed by atoms with Gasteiger partial charge in [0.2, 0.25) is 0 Å². The summed E-state index contributed by atoms with van der Waals surface area (Å²) >= 11 is 1.64. The molecule has 4 nitrogen and oxygen atoms in total. The molecule has 0 aromatic carbocycles. The van der Waals surface area contributed by atoms with Crippen LogP contribution < -0.4 is 0 Å². The van der Waals surface area contributed by atoms with Crippen molar-refractivity contribution < 1.29 is 18.1 Å². The Morgan fingerprint density at radius 1 is 0.969 bits per heavy atom. The van der Waals surface area contributed by atoms with E-state index < -0.39 is 10.1 Å². The normalized spacial score (nSPS) is 45.0. The molecule has 0 amide bonds. The summed E-state index contributed by atoms with van der Waals surface area (Å²) in [7, 11) is -3.83. The van der Waals surface area contributed by atoms with Gasteiger partial charge in [0.15, 0.2) is 0 Å². The van der Waals surface area contributed by atoms with Gasteiger partial charge in [0.1, 0.15) is 0 Å². The van der Waals surface area contributed by atoms with Crippen LogP contribution in [0.5, 0.6) is 0 Å². The molecule has 9 atom stereocenters. The largest absolute Gasteiger partial charge is 0.393 e. The molecule has 0 aromatic rings. The Bertz CT molecular complexity index is 755. The zero-order chi connectivity index (χ0) is 23.1. The summed E-state index contributed by atoms with van der Waals surface area (Å²) in [6.07, 6.45) is 14.0. The first-order valence-corrected chi connectivity index (χ1v) is 16.0. The third-order valence-electron chi connectivity index (χ3n) is 10.8. The highest BCUT2D eigenvalue weighted by atomic mass is 32.2. The lowest BCUT2D eigenvalue weighted by Crippen LogP contribution is -2.57. The molecule has 2 N–H and O–H groups in total. The third kappa shape index (κ3) is 4.81. The molecule has 0 bridgehead atoms. The van der Waals surface area contributed by atoms with E-state index in [1.165, 1.54) is 57.8 Å². The molecule has 4 fully saturated rings. The van der Waals surface area contributed by atoms with Crippen molar-refractivity contribution in [2.45, 2.75) is 97.5 Å². The van der Waals surface area contributed by atoms with Crippen LogP contribution in [0.25, 0.3) is 0 Å². The molecule has 0 aliphatic heterocycles.